The van der Waals surface area contributed by atoms with Gasteiger partial charge in [0.05, 0.1) is 28.4 Å². The van der Waals surface area contributed by atoms with Gasteiger partial charge in [-0.1, -0.05) is 41.9 Å². The molecule has 0 aromatic heterocycles. The third-order valence-electron chi connectivity index (χ3n) is 3.88. The number of carbonyl (C=O) groups is 1. The van der Waals surface area contributed by atoms with E-state index >= 15 is 0 Å². The Labute approximate surface area is 168 Å². The molecule has 0 aliphatic carbocycles. The highest BCUT2D eigenvalue weighted by molar-refractivity contribution is 7.92. The van der Waals surface area contributed by atoms with E-state index in [0.717, 1.165) is 0 Å². The van der Waals surface area contributed by atoms with Gasteiger partial charge in [0.25, 0.3) is 15.9 Å². The van der Waals surface area contributed by atoms with Crippen LogP contribution in [0.1, 0.15) is 10.4 Å². The highest BCUT2D eigenvalue weighted by Gasteiger charge is 2.18. The molecule has 0 saturated carbocycles. The molecule has 3 aromatic carbocycles. The Hall–Kier alpha value is -3.03. The second kappa shape index (κ2) is 8.33. The molecule has 0 spiro atoms. The van der Waals surface area contributed by atoms with E-state index in [9.17, 15) is 13.2 Å². The summed E-state index contributed by atoms with van der Waals surface area (Å²) in [7, 11) is -2.47. The molecule has 3 aromatic rings. The van der Waals surface area contributed by atoms with Crippen LogP contribution in [0.2, 0.25) is 5.02 Å². The monoisotopic (exact) mass is 416 g/mol. The standard InChI is InChI=1S/C20H17ClN2O4S/c1-27-19-12-5-4-11-18(19)23-28(25,26)15-8-6-7-14(13-15)20(24)22-17-10-3-2-9-16(17)21/h2-13,23H,1H3,(H,22,24). The van der Waals surface area contributed by atoms with Crippen molar-refractivity contribution in [1.82, 2.24) is 0 Å². The molecule has 0 bridgehead atoms. The topological polar surface area (TPSA) is 84.5 Å². The van der Waals surface area contributed by atoms with Crippen LogP contribution in [0, 0.1) is 0 Å². The smallest absolute Gasteiger partial charge is 0.262 e. The molecule has 0 radical (unpaired) electrons. The van der Waals surface area contributed by atoms with Crippen LogP contribution in [-0.2, 0) is 10.0 Å². The fraction of sp³-hybridized carbons (Fsp3) is 0.0500. The average Bonchev–Trinajstić information content (AvgIpc) is 2.70. The highest BCUT2D eigenvalue weighted by atomic mass is 35.5. The predicted molar refractivity (Wildman–Crippen MR) is 110 cm³/mol. The number of rotatable bonds is 6. The molecular formula is C20H17ClN2O4S. The zero-order valence-electron chi connectivity index (χ0n) is 14.8. The molecule has 144 valence electrons. The molecule has 0 saturated heterocycles. The van der Waals surface area contributed by atoms with E-state index in [1.165, 1.54) is 31.4 Å². The summed E-state index contributed by atoms with van der Waals surface area (Å²) in [5, 5.41) is 3.05. The van der Waals surface area contributed by atoms with Gasteiger partial charge >= 0.3 is 0 Å². The first-order chi connectivity index (χ1) is 13.4. The number of halogens is 1. The summed E-state index contributed by atoms with van der Waals surface area (Å²) in [4.78, 5) is 12.4. The number of nitrogens with one attached hydrogen (secondary N) is 2. The molecule has 0 unspecified atom stereocenters. The summed E-state index contributed by atoms with van der Waals surface area (Å²) in [6.07, 6.45) is 0. The van der Waals surface area contributed by atoms with E-state index in [1.807, 2.05) is 0 Å². The molecule has 2 N–H and O–H groups in total. The lowest BCUT2D eigenvalue weighted by molar-refractivity contribution is 0.102. The average molecular weight is 417 g/mol. The van der Waals surface area contributed by atoms with Crippen molar-refractivity contribution < 1.29 is 17.9 Å². The fourth-order valence-electron chi connectivity index (χ4n) is 2.49. The van der Waals surface area contributed by atoms with Gasteiger partial charge in [-0.3, -0.25) is 9.52 Å². The van der Waals surface area contributed by atoms with Crippen molar-refractivity contribution in [2.24, 2.45) is 0 Å². The second-order valence-electron chi connectivity index (χ2n) is 5.77. The summed E-state index contributed by atoms with van der Waals surface area (Å²) in [6, 6.07) is 19.2. The van der Waals surface area contributed by atoms with E-state index in [-0.39, 0.29) is 10.5 Å². The van der Waals surface area contributed by atoms with Crippen molar-refractivity contribution in [2.75, 3.05) is 17.1 Å². The second-order valence-corrected chi connectivity index (χ2v) is 7.86. The maximum absolute atomic E-state index is 12.7. The molecule has 8 heteroatoms. The minimum Gasteiger partial charge on any atom is -0.495 e. The molecule has 28 heavy (non-hydrogen) atoms. The van der Waals surface area contributed by atoms with Crippen LogP contribution in [0.5, 0.6) is 5.75 Å². The number of carbonyl (C=O) groups excluding carboxylic acids is 1. The van der Waals surface area contributed by atoms with Gasteiger partial charge in [-0.2, -0.15) is 0 Å². The van der Waals surface area contributed by atoms with Crippen LogP contribution < -0.4 is 14.8 Å². The van der Waals surface area contributed by atoms with Gasteiger partial charge in [0.15, 0.2) is 0 Å². The zero-order chi connectivity index (χ0) is 20.1. The van der Waals surface area contributed by atoms with Gasteiger partial charge in [-0.15, -0.1) is 0 Å². The van der Waals surface area contributed by atoms with Crippen LogP contribution in [0.4, 0.5) is 11.4 Å². The minimum absolute atomic E-state index is 0.0507. The summed E-state index contributed by atoms with van der Waals surface area (Å²) >= 11 is 6.05. The number of ether oxygens (including phenoxy) is 1. The maximum Gasteiger partial charge on any atom is 0.262 e. The number of para-hydroxylation sites is 3. The quantitative estimate of drug-likeness (QED) is 0.623. The molecule has 3 rings (SSSR count). The Morgan fingerprint density at radius 2 is 1.61 bits per heavy atom. The lowest BCUT2D eigenvalue weighted by Crippen LogP contribution is -2.16. The number of amides is 1. The van der Waals surface area contributed by atoms with Crippen molar-refractivity contribution in [3.63, 3.8) is 0 Å². The highest BCUT2D eigenvalue weighted by Crippen LogP contribution is 2.27. The first-order valence-corrected chi connectivity index (χ1v) is 10.1. The number of methoxy groups -OCH3 is 1. The lowest BCUT2D eigenvalue weighted by Gasteiger charge is -2.12. The van der Waals surface area contributed by atoms with E-state index in [1.54, 1.807) is 48.5 Å². The predicted octanol–water partition coefficient (Wildman–Crippen LogP) is 4.40. The number of sulfonamides is 1. The Morgan fingerprint density at radius 3 is 2.32 bits per heavy atom. The van der Waals surface area contributed by atoms with Gasteiger partial charge in [-0.25, -0.2) is 8.42 Å². The summed E-state index contributed by atoms with van der Waals surface area (Å²) in [5.74, 6) is -0.0823. The number of hydrogen-bond donors (Lipinski definition) is 2. The SMILES string of the molecule is COc1ccccc1NS(=O)(=O)c1cccc(C(=O)Nc2ccccc2Cl)c1. The van der Waals surface area contributed by atoms with Gasteiger partial charge in [0.1, 0.15) is 5.75 Å². The summed E-state index contributed by atoms with van der Waals surface area (Å²) < 4.78 is 33.1. The van der Waals surface area contributed by atoms with Crippen LogP contribution in [0.3, 0.4) is 0 Å². The minimum atomic E-state index is -3.92. The van der Waals surface area contributed by atoms with Crippen LogP contribution >= 0.6 is 11.6 Å². The Kier molecular flexibility index (Phi) is 5.87. The van der Waals surface area contributed by atoms with Crippen LogP contribution in [0.15, 0.2) is 77.7 Å². The van der Waals surface area contributed by atoms with E-state index in [2.05, 4.69) is 10.0 Å². The summed E-state index contributed by atoms with van der Waals surface area (Å²) in [5.41, 5.74) is 0.924. The van der Waals surface area contributed by atoms with Crippen LogP contribution in [0.25, 0.3) is 0 Å². The molecule has 0 aliphatic rings. The first kappa shape index (κ1) is 19.7. The normalized spacial score (nSPS) is 10.9. The largest absolute Gasteiger partial charge is 0.495 e. The van der Waals surface area contributed by atoms with E-state index in [0.29, 0.717) is 22.1 Å². The lowest BCUT2D eigenvalue weighted by atomic mass is 10.2. The number of benzene rings is 3. The van der Waals surface area contributed by atoms with Gasteiger partial charge in [0.2, 0.25) is 0 Å². The van der Waals surface area contributed by atoms with Gasteiger partial charge in [-0.05, 0) is 42.5 Å². The third kappa shape index (κ3) is 4.44. The van der Waals surface area contributed by atoms with E-state index in [4.69, 9.17) is 16.3 Å². The van der Waals surface area contributed by atoms with E-state index < -0.39 is 15.9 Å². The molecule has 1 amide bonds. The summed E-state index contributed by atoms with van der Waals surface area (Å²) in [6.45, 7) is 0. The van der Waals surface area contributed by atoms with Crippen LogP contribution in [-0.4, -0.2) is 21.4 Å². The third-order valence-corrected chi connectivity index (χ3v) is 5.57. The molecule has 0 fully saturated rings. The fourth-order valence-corrected chi connectivity index (χ4v) is 3.79. The molecule has 0 atom stereocenters. The molecule has 0 heterocycles. The van der Waals surface area contributed by atoms with Crippen molar-refractivity contribution in [2.45, 2.75) is 4.90 Å². The van der Waals surface area contributed by atoms with Crippen molar-refractivity contribution in [1.29, 1.82) is 0 Å². The van der Waals surface area contributed by atoms with Crippen molar-refractivity contribution >= 4 is 38.9 Å². The zero-order valence-corrected chi connectivity index (χ0v) is 16.4. The Balaban J connectivity index is 1.86. The molecular weight excluding hydrogens is 400 g/mol. The first-order valence-electron chi connectivity index (χ1n) is 8.22. The molecule has 0 aliphatic heterocycles. The number of hydrogen-bond acceptors (Lipinski definition) is 4. The van der Waals surface area contributed by atoms with Crippen molar-refractivity contribution in [3.8, 4) is 5.75 Å². The number of anilines is 2. The van der Waals surface area contributed by atoms with Gasteiger partial charge in [0, 0.05) is 5.56 Å². The Bertz CT molecular complexity index is 1120. The molecule has 6 nitrogen and oxygen atoms in total. The maximum atomic E-state index is 12.7. The Morgan fingerprint density at radius 1 is 0.929 bits per heavy atom. The van der Waals surface area contributed by atoms with Gasteiger partial charge < -0.3 is 10.1 Å². The van der Waals surface area contributed by atoms with Crippen molar-refractivity contribution in [3.05, 3.63) is 83.4 Å².